The molecule has 1 N–H and O–H groups in total. The minimum Gasteiger partial charge on any atom is -0.481 e. The number of ketones is 1. The van der Waals surface area contributed by atoms with E-state index in [2.05, 4.69) is 10.1 Å². The summed E-state index contributed by atoms with van der Waals surface area (Å²) >= 11 is 12.3. The van der Waals surface area contributed by atoms with Gasteiger partial charge in [-0.2, -0.15) is 18.3 Å². The lowest BCUT2D eigenvalue weighted by Gasteiger charge is -2.40. The number of hydrogen-bond acceptors (Lipinski definition) is 6. The van der Waals surface area contributed by atoms with Gasteiger partial charge in [0.15, 0.2) is 11.5 Å². The average Bonchev–Trinajstić information content (AvgIpc) is 3.39. The van der Waals surface area contributed by atoms with Crippen molar-refractivity contribution < 1.29 is 37.4 Å². The highest BCUT2D eigenvalue weighted by Gasteiger charge is 2.46. The van der Waals surface area contributed by atoms with Crippen LogP contribution in [-0.4, -0.2) is 68.2 Å². The predicted molar refractivity (Wildman–Crippen MR) is 148 cm³/mol. The Labute approximate surface area is 251 Å². The van der Waals surface area contributed by atoms with Crippen molar-refractivity contribution in [3.63, 3.8) is 0 Å². The summed E-state index contributed by atoms with van der Waals surface area (Å²) in [6, 6.07) is -0.747. The van der Waals surface area contributed by atoms with Gasteiger partial charge in [0, 0.05) is 19.5 Å². The van der Waals surface area contributed by atoms with Crippen LogP contribution in [0.25, 0.3) is 0 Å². The number of nitrogens with zero attached hydrogens (tertiary/aromatic N) is 4. The van der Waals surface area contributed by atoms with Crippen LogP contribution in [0.3, 0.4) is 0 Å². The molecule has 2 aromatic rings. The Kier molecular flexibility index (Phi) is 9.59. The van der Waals surface area contributed by atoms with Crippen molar-refractivity contribution >= 4 is 40.9 Å². The van der Waals surface area contributed by atoms with Gasteiger partial charge in [-0.3, -0.25) is 24.0 Å². The molecular formula is C28H33Cl2F3N4O5. The normalized spacial score (nSPS) is 22.5. The molecule has 2 heterocycles. The summed E-state index contributed by atoms with van der Waals surface area (Å²) in [5, 5.41) is 13.4. The first-order chi connectivity index (χ1) is 19.7. The van der Waals surface area contributed by atoms with E-state index in [1.807, 2.05) is 0 Å². The van der Waals surface area contributed by atoms with Crippen molar-refractivity contribution in [2.75, 3.05) is 20.2 Å². The maximum atomic E-state index is 14.6. The van der Waals surface area contributed by atoms with Crippen LogP contribution in [0, 0.1) is 5.41 Å². The first kappa shape index (κ1) is 32.2. The maximum absolute atomic E-state index is 14.6. The molecule has 2 fully saturated rings. The summed E-state index contributed by atoms with van der Waals surface area (Å²) in [6.45, 7) is 0.842. The molecule has 2 aliphatic rings. The first-order valence-corrected chi connectivity index (χ1v) is 14.5. The second kappa shape index (κ2) is 12.5. The number of pyridine rings is 1. The summed E-state index contributed by atoms with van der Waals surface area (Å²) in [7, 11) is 1.49. The molecule has 2 aliphatic carbocycles. The van der Waals surface area contributed by atoms with Crippen molar-refractivity contribution in [3.05, 3.63) is 45.5 Å². The lowest BCUT2D eigenvalue weighted by atomic mass is 9.74. The van der Waals surface area contributed by atoms with Gasteiger partial charge >= 0.3 is 12.1 Å². The van der Waals surface area contributed by atoms with Crippen LogP contribution in [0.2, 0.25) is 10.0 Å². The van der Waals surface area contributed by atoms with Gasteiger partial charge in [0.05, 0.1) is 57.5 Å². The lowest BCUT2D eigenvalue weighted by Crippen LogP contribution is -2.50. The minimum absolute atomic E-state index is 0.0477. The summed E-state index contributed by atoms with van der Waals surface area (Å²) < 4.78 is 50.3. The van der Waals surface area contributed by atoms with Crippen LogP contribution in [0.15, 0.2) is 18.6 Å². The van der Waals surface area contributed by atoms with Crippen molar-refractivity contribution in [2.24, 2.45) is 5.41 Å². The summed E-state index contributed by atoms with van der Waals surface area (Å²) in [4.78, 5) is 43.9. The average molecular weight is 633 g/mol. The topological polar surface area (TPSA) is 115 Å². The standard InChI is InChI=1S/C28H33Cl2F3N4O5/c1-26(25(40)41)10-6-17(7-11-26)37-23(28(31,32)33)18(12-35-37)24(39)36(16-27(42-2)8-4-3-5-9-27)15-21(38)22-19(29)13-34-14-20(22)30/h12-14,17H,3-11,15-16H2,1-2H3,(H,40,41). The molecule has 0 saturated heterocycles. The van der Waals surface area contributed by atoms with E-state index in [0.717, 1.165) is 35.0 Å². The fourth-order valence-corrected chi connectivity index (χ4v) is 6.62. The fourth-order valence-electron chi connectivity index (χ4n) is 6.05. The molecule has 42 heavy (non-hydrogen) atoms. The Bertz CT molecular complexity index is 1320. The van der Waals surface area contributed by atoms with E-state index < -0.39 is 58.7 Å². The number of methoxy groups -OCH3 is 1. The third-order valence-corrected chi connectivity index (χ3v) is 9.22. The number of carbonyl (C=O) groups excluding carboxylic acids is 2. The number of halogens is 5. The zero-order valence-electron chi connectivity index (χ0n) is 23.3. The summed E-state index contributed by atoms with van der Waals surface area (Å²) in [5.41, 5.74) is -3.91. The van der Waals surface area contributed by atoms with E-state index in [1.165, 1.54) is 19.5 Å². The molecule has 2 saturated carbocycles. The van der Waals surface area contributed by atoms with Crippen molar-refractivity contribution in [1.29, 1.82) is 0 Å². The fraction of sp³-hybridized carbons (Fsp3) is 0.607. The van der Waals surface area contributed by atoms with Crippen molar-refractivity contribution in [3.8, 4) is 0 Å². The van der Waals surface area contributed by atoms with E-state index in [4.69, 9.17) is 27.9 Å². The molecule has 9 nitrogen and oxygen atoms in total. The van der Waals surface area contributed by atoms with Gasteiger partial charge in [0.2, 0.25) is 0 Å². The Morgan fingerprint density at radius 2 is 1.67 bits per heavy atom. The number of carboxylic acid groups (broad SMARTS) is 1. The number of Topliss-reactive ketones (excluding diaryl/α,β-unsaturated/α-hetero) is 1. The minimum atomic E-state index is -4.95. The lowest BCUT2D eigenvalue weighted by molar-refractivity contribution is -0.152. The number of ether oxygens (including phenoxy) is 1. The number of carbonyl (C=O) groups is 3. The van der Waals surface area contributed by atoms with Gasteiger partial charge in [-0.1, -0.05) is 42.5 Å². The molecule has 14 heteroatoms. The van der Waals surface area contributed by atoms with E-state index >= 15 is 0 Å². The molecule has 0 aromatic carbocycles. The first-order valence-electron chi connectivity index (χ1n) is 13.8. The number of carboxylic acids is 1. The largest absolute Gasteiger partial charge is 0.481 e. The van der Waals surface area contributed by atoms with Crippen LogP contribution in [0.5, 0.6) is 0 Å². The third-order valence-electron chi connectivity index (χ3n) is 8.65. The Balaban J connectivity index is 1.71. The second-order valence-electron chi connectivity index (χ2n) is 11.5. The molecule has 0 radical (unpaired) electrons. The third kappa shape index (κ3) is 6.60. The van der Waals surface area contributed by atoms with Gasteiger partial charge in [-0.25, -0.2) is 0 Å². The van der Waals surface area contributed by atoms with Crippen LogP contribution in [-0.2, 0) is 15.7 Å². The molecule has 0 atom stereocenters. The number of aliphatic carboxylic acids is 1. The smallest absolute Gasteiger partial charge is 0.433 e. The molecule has 0 aliphatic heterocycles. The van der Waals surface area contributed by atoms with E-state index in [1.54, 1.807) is 6.92 Å². The molecule has 0 spiro atoms. The molecule has 4 rings (SSSR count). The maximum Gasteiger partial charge on any atom is 0.433 e. The van der Waals surface area contributed by atoms with E-state index in [-0.39, 0.29) is 47.8 Å². The Morgan fingerprint density at radius 1 is 1.07 bits per heavy atom. The number of rotatable bonds is 9. The van der Waals surface area contributed by atoms with Crippen molar-refractivity contribution in [2.45, 2.75) is 82.5 Å². The highest BCUT2D eigenvalue weighted by atomic mass is 35.5. The highest BCUT2D eigenvalue weighted by molar-refractivity contribution is 6.39. The van der Waals surface area contributed by atoms with Crippen molar-refractivity contribution in [1.82, 2.24) is 19.7 Å². The van der Waals surface area contributed by atoms with Crippen LogP contribution in [0.4, 0.5) is 13.2 Å². The highest BCUT2D eigenvalue weighted by Crippen LogP contribution is 2.44. The molecule has 2 aromatic heterocycles. The van der Waals surface area contributed by atoms with Crippen LogP contribution >= 0.6 is 23.2 Å². The summed E-state index contributed by atoms with van der Waals surface area (Å²) in [5.74, 6) is -2.70. The Morgan fingerprint density at radius 3 is 2.19 bits per heavy atom. The van der Waals surface area contributed by atoms with Gasteiger partial charge < -0.3 is 14.7 Å². The van der Waals surface area contributed by atoms with Gasteiger partial charge in [0.25, 0.3) is 5.91 Å². The molecular weight excluding hydrogens is 600 g/mol. The molecule has 0 unspecified atom stereocenters. The van der Waals surface area contributed by atoms with Gasteiger partial charge in [0.1, 0.15) is 0 Å². The molecule has 1 amide bonds. The number of alkyl halides is 3. The van der Waals surface area contributed by atoms with Gasteiger partial charge in [-0.15, -0.1) is 0 Å². The zero-order chi connectivity index (χ0) is 30.9. The number of aromatic nitrogens is 3. The monoisotopic (exact) mass is 632 g/mol. The summed E-state index contributed by atoms with van der Waals surface area (Å²) in [6.07, 6.45) is 2.66. The molecule has 0 bridgehead atoms. The zero-order valence-corrected chi connectivity index (χ0v) is 24.9. The SMILES string of the molecule is COC1(CN(CC(=O)c2c(Cl)cncc2Cl)C(=O)c2cnn(C3CCC(C)(C(=O)O)CC3)c2C(F)(F)F)CCCCC1. The number of hydrogen-bond donors (Lipinski definition) is 1. The Hall–Kier alpha value is -2.70. The van der Waals surface area contributed by atoms with Crippen LogP contribution in [0.1, 0.15) is 97.2 Å². The second-order valence-corrected chi connectivity index (χ2v) is 12.3. The molecule has 230 valence electrons. The van der Waals surface area contributed by atoms with Gasteiger partial charge in [-0.05, 0) is 45.4 Å². The van der Waals surface area contributed by atoms with Crippen LogP contribution < -0.4 is 0 Å². The van der Waals surface area contributed by atoms with E-state index in [9.17, 15) is 32.7 Å². The van der Waals surface area contributed by atoms with E-state index in [0.29, 0.717) is 12.8 Å². The number of amides is 1. The quantitative estimate of drug-likeness (QED) is 0.314. The predicted octanol–water partition coefficient (Wildman–Crippen LogP) is 6.48.